The highest BCUT2D eigenvalue weighted by Gasteiger charge is 2.27. The van der Waals surface area contributed by atoms with Crippen molar-refractivity contribution < 1.29 is 14.7 Å². The van der Waals surface area contributed by atoms with Gasteiger partial charge in [0.2, 0.25) is 5.91 Å². The predicted molar refractivity (Wildman–Crippen MR) is 72.7 cm³/mol. The molecule has 1 aliphatic rings. The van der Waals surface area contributed by atoms with E-state index in [1.165, 1.54) is 6.07 Å². The molecule has 0 radical (unpaired) electrons. The highest BCUT2D eigenvalue weighted by molar-refractivity contribution is 6.04. The molecule has 6 nitrogen and oxygen atoms in total. The smallest absolute Gasteiger partial charge is 0.335 e. The van der Waals surface area contributed by atoms with E-state index in [0.717, 1.165) is 17.8 Å². The lowest BCUT2D eigenvalue weighted by molar-refractivity contribution is -0.117. The topological polar surface area (TPSA) is 86.9 Å². The van der Waals surface area contributed by atoms with Crippen LogP contribution in [0.2, 0.25) is 0 Å². The first-order valence-corrected chi connectivity index (χ1v) is 6.13. The average Bonchev–Trinajstić information content (AvgIpc) is 2.38. The van der Waals surface area contributed by atoms with Gasteiger partial charge in [-0.25, -0.2) is 4.79 Å². The van der Waals surface area contributed by atoms with Crippen LogP contribution in [-0.2, 0) is 4.79 Å². The summed E-state index contributed by atoms with van der Waals surface area (Å²) in [5.41, 5.74) is 7.21. The molecule has 0 saturated heterocycles. The van der Waals surface area contributed by atoms with Gasteiger partial charge in [0, 0.05) is 13.6 Å². The number of carboxylic acids is 1. The monoisotopic (exact) mass is 263 g/mol. The summed E-state index contributed by atoms with van der Waals surface area (Å²) >= 11 is 0. The molecule has 1 amide bonds. The van der Waals surface area contributed by atoms with Crippen LogP contribution in [0.1, 0.15) is 16.8 Å². The van der Waals surface area contributed by atoms with Crippen LogP contribution in [0.25, 0.3) is 0 Å². The molecule has 0 fully saturated rings. The highest BCUT2D eigenvalue weighted by Crippen LogP contribution is 2.33. The van der Waals surface area contributed by atoms with Gasteiger partial charge in [0.1, 0.15) is 0 Å². The number of benzene rings is 1. The van der Waals surface area contributed by atoms with Gasteiger partial charge in [-0.05, 0) is 31.2 Å². The van der Waals surface area contributed by atoms with E-state index in [4.69, 9.17) is 10.8 Å². The van der Waals surface area contributed by atoms with Crippen molar-refractivity contribution in [1.82, 2.24) is 0 Å². The normalized spacial score (nSPS) is 14.5. The number of carbonyl (C=O) groups is 2. The van der Waals surface area contributed by atoms with Crippen molar-refractivity contribution in [1.29, 1.82) is 0 Å². The van der Waals surface area contributed by atoms with Crippen LogP contribution in [0.15, 0.2) is 18.2 Å². The third-order valence-electron chi connectivity index (χ3n) is 3.18. The van der Waals surface area contributed by atoms with Crippen molar-refractivity contribution in [3.8, 4) is 0 Å². The first kappa shape index (κ1) is 13.4. The quantitative estimate of drug-likeness (QED) is 0.826. The lowest BCUT2D eigenvalue weighted by atomic mass is 10.1. The van der Waals surface area contributed by atoms with E-state index < -0.39 is 5.97 Å². The molecule has 0 atom stereocenters. The summed E-state index contributed by atoms with van der Waals surface area (Å²) in [4.78, 5) is 26.5. The van der Waals surface area contributed by atoms with Gasteiger partial charge < -0.3 is 20.6 Å². The van der Waals surface area contributed by atoms with Crippen molar-refractivity contribution in [3.63, 3.8) is 0 Å². The number of rotatable bonds is 4. The van der Waals surface area contributed by atoms with E-state index in [2.05, 4.69) is 0 Å². The van der Waals surface area contributed by atoms with Crippen molar-refractivity contribution in [2.24, 2.45) is 5.73 Å². The maximum absolute atomic E-state index is 12.0. The number of amides is 1. The van der Waals surface area contributed by atoms with Gasteiger partial charge in [0.25, 0.3) is 0 Å². The number of hydrogen-bond donors (Lipinski definition) is 2. The second-order valence-electron chi connectivity index (χ2n) is 4.55. The van der Waals surface area contributed by atoms with Crippen LogP contribution in [0.3, 0.4) is 0 Å². The summed E-state index contributed by atoms with van der Waals surface area (Å²) in [7, 11) is 1.78. The van der Waals surface area contributed by atoms with Crippen LogP contribution in [0.4, 0.5) is 11.4 Å². The maximum atomic E-state index is 12.0. The van der Waals surface area contributed by atoms with E-state index in [-0.39, 0.29) is 18.0 Å². The molecule has 1 aromatic rings. The summed E-state index contributed by atoms with van der Waals surface area (Å²) in [5.74, 6) is -0.965. The molecule has 0 aliphatic carbocycles. The van der Waals surface area contributed by atoms with Gasteiger partial charge in [-0.1, -0.05) is 0 Å². The molecule has 1 aromatic carbocycles. The molecular formula is C13H17N3O3. The largest absolute Gasteiger partial charge is 0.478 e. The zero-order chi connectivity index (χ0) is 14.0. The second kappa shape index (κ2) is 5.27. The lowest BCUT2D eigenvalue weighted by Gasteiger charge is -2.35. The molecule has 0 unspecified atom stereocenters. The van der Waals surface area contributed by atoms with Crippen molar-refractivity contribution in [2.45, 2.75) is 6.42 Å². The fraction of sp³-hybridized carbons (Fsp3) is 0.385. The maximum Gasteiger partial charge on any atom is 0.335 e. The van der Waals surface area contributed by atoms with E-state index in [9.17, 15) is 9.59 Å². The van der Waals surface area contributed by atoms with E-state index in [1.54, 1.807) is 29.0 Å². The van der Waals surface area contributed by atoms with Crippen LogP contribution >= 0.6 is 0 Å². The fourth-order valence-electron chi connectivity index (χ4n) is 2.19. The number of fused-ring (bicyclic) bond motifs is 1. The number of hydrogen-bond acceptors (Lipinski definition) is 4. The van der Waals surface area contributed by atoms with E-state index in [1.807, 2.05) is 0 Å². The molecule has 3 N–H and O–H groups in total. The Bertz CT molecular complexity index is 516. The number of likely N-dealkylation sites (N-methyl/N-ethyl adjacent to an activating group) is 1. The number of aromatic carboxylic acids is 1. The van der Waals surface area contributed by atoms with E-state index in [0.29, 0.717) is 13.1 Å². The Morgan fingerprint density at radius 1 is 1.42 bits per heavy atom. The lowest BCUT2D eigenvalue weighted by Crippen LogP contribution is -2.45. The number of carboxylic acid groups (broad SMARTS) is 1. The number of nitrogens with zero attached hydrogens (tertiary/aromatic N) is 2. The average molecular weight is 263 g/mol. The minimum absolute atomic E-state index is 0.00604. The van der Waals surface area contributed by atoms with Gasteiger partial charge in [0.05, 0.1) is 23.5 Å². The van der Waals surface area contributed by atoms with Gasteiger partial charge in [-0.2, -0.15) is 0 Å². The molecule has 1 heterocycles. The van der Waals surface area contributed by atoms with Crippen LogP contribution in [0.5, 0.6) is 0 Å². The third-order valence-corrected chi connectivity index (χ3v) is 3.18. The first-order chi connectivity index (χ1) is 9.04. The molecule has 0 saturated carbocycles. The van der Waals surface area contributed by atoms with Crippen molar-refractivity contribution in [2.75, 3.05) is 36.5 Å². The first-order valence-electron chi connectivity index (χ1n) is 6.13. The molecule has 19 heavy (non-hydrogen) atoms. The van der Waals surface area contributed by atoms with Gasteiger partial charge >= 0.3 is 5.97 Å². The number of carbonyl (C=O) groups excluding carboxylic acids is 1. The second-order valence-corrected chi connectivity index (χ2v) is 4.55. The molecule has 1 aliphatic heterocycles. The molecule has 102 valence electrons. The van der Waals surface area contributed by atoms with Crippen molar-refractivity contribution in [3.05, 3.63) is 23.8 Å². The Morgan fingerprint density at radius 3 is 2.79 bits per heavy atom. The highest BCUT2D eigenvalue weighted by atomic mass is 16.4. The minimum Gasteiger partial charge on any atom is -0.478 e. The van der Waals surface area contributed by atoms with Gasteiger partial charge in [-0.3, -0.25) is 4.79 Å². The Morgan fingerprint density at radius 2 is 2.16 bits per heavy atom. The van der Waals surface area contributed by atoms with E-state index >= 15 is 0 Å². The zero-order valence-electron chi connectivity index (χ0n) is 10.8. The molecular weight excluding hydrogens is 246 g/mol. The number of anilines is 2. The van der Waals surface area contributed by atoms with Gasteiger partial charge in [-0.15, -0.1) is 0 Å². The number of nitrogens with two attached hydrogens (primary N) is 1. The van der Waals surface area contributed by atoms with Gasteiger partial charge in [0.15, 0.2) is 0 Å². The summed E-state index contributed by atoms with van der Waals surface area (Å²) in [6, 6.07) is 4.80. The fourth-order valence-corrected chi connectivity index (χ4v) is 2.19. The minimum atomic E-state index is -0.971. The summed E-state index contributed by atoms with van der Waals surface area (Å²) in [5, 5.41) is 9.02. The Hall–Kier alpha value is -2.08. The summed E-state index contributed by atoms with van der Waals surface area (Å²) in [6.45, 7) is 1.32. The standard InChI is InChI=1S/C13H17N3O3/c1-15-8-12(17)16(6-2-5-14)10-4-3-9(13(18)19)7-11(10)15/h3-4,7H,2,5-6,8,14H2,1H3,(H,18,19). The third kappa shape index (κ3) is 2.53. The molecule has 0 spiro atoms. The Balaban J connectivity index is 2.40. The Kier molecular flexibility index (Phi) is 3.71. The molecule has 6 heteroatoms. The molecule has 2 rings (SSSR count). The van der Waals surface area contributed by atoms with Crippen molar-refractivity contribution >= 4 is 23.3 Å². The summed E-state index contributed by atoms with van der Waals surface area (Å²) in [6.07, 6.45) is 0.718. The van der Waals surface area contributed by atoms with Crippen LogP contribution < -0.4 is 15.5 Å². The zero-order valence-corrected chi connectivity index (χ0v) is 10.8. The summed E-state index contributed by atoms with van der Waals surface area (Å²) < 4.78 is 0. The molecule has 0 aromatic heterocycles. The SMILES string of the molecule is CN1CC(=O)N(CCCN)c2ccc(C(=O)O)cc21. The predicted octanol–water partition coefficient (Wildman–Crippen LogP) is 0.516. The van der Waals surface area contributed by atoms with Crippen LogP contribution in [-0.4, -0.2) is 43.7 Å². The Labute approximate surface area is 111 Å². The van der Waals surface area contributed by atoms with Crippen LogP contribution in [0, 0.1) is 0 Å². The molecule has 0 bridgehead atoms.